The summed E-state index contributed by atoms with van der Waals surface area (Å²) in [6.45, 7) is 4.76. The lowest BCUT2D eigenvalue weighted by Crippen LogP contribution is -2.10. The Kier molecular flexibility index (Phi) is 5.17. The molecule has 0 aliphatic carbocycles. The Labute approximate surface area is 130 Å². The Bertz CT molecular complexity index is 623. The van der Waals surface area contributed by atoms with Gasteiger partial charge < -0.3 is 15.2 Å². The highest BCUT2D eigenvalue weighted by molar-refractivity contribution is 7.80. The van der Waals surface area contributed by atoms with Gasteiger partial charge in [-0.25, -0.2) is 0 Å². The quantitative estimate of drug-likeness (QED) is 0.812. The van der Waals surface area contributed by atoms with E-state index in [0.29, 0.717) is 4.99 Å². The summed E-state index contributed by atoms with van der Waals surface area (Å²) in [6, 6.07) is 13.3. The van der Waals surface area contributed by atoms with Crippen molar-refractivity contribution in [1.82, 2.24) is 0 Å². The molecule has 0 fully saturated rings. The summed E-state index contributed by atoms with van der Waals surface area (Å²) < 4.78 is 11.4. The van der Waals surface area contributed by atoms with Crippen LogP contribution in [-0.2, 0) is 0 Å². The predicted molar refractivity (Wildman–Crippen MR) is 89.4 cm³/mol. The number of rotatable bonds is 6. The topological polar surface area (TPSA) is 44.5 Å². The highest BCUT2D eigenvalue weighted by Crippen LogP contribution is 2.25. The fourth-order valence-corrected chi connectivity index (χ4v) is 2.17. The van der Waals surface area contributed by atoms with Crippen molar-refractivity contribution in [3.8, 4) is 17.2 Å². The molecule has 4 heteroatoms. The summed E-state index contributed by atoms with van der Waals surface area (Å²) >= 11 is 4.99. The van der Waals surface area contributed by atoms with Gasteiger partial charge in [-0.1, -0.05) is 19.1 Å². The maximum Gasteiger partial charge on any atom is 0.127 e. The summed E-state index contributed by atoms with van der Waals surface area (Å²) in [7, 11) is 0. The molecule has 0 spiro atoms. The summed E-state index contributed by atoms with van der Waals surface area (Å²) in [5.74, 6) is 2.38. The van der Waals surface area contributed by atoms with Gasteiger partial charge in [0, 0.05) is 5.56 Å². The van der Waals surface area contributed by atoms with Crippen LogP contribution in [0.25, 0.3) is 0 Å². The van der Waals surface area contributed by atoms with Gasteiger partial charge in [-0.05, 0) is 61.4 Å². The smallest absolute Gasteiger partial charge is 0.127 e. The Morgan fingerprint density at radius 1 is 1.05 bits per heavy atom. The number of nitrogens with two attached hydrogens (primary N) is 1. The number of ether oxygens (including phenoxy) is 2. The van der Waals surface area contributed by atoms with Gasteiger partial charge in [0.15, 0.2) is 0 Å². The van der Waals surface area contributed by atoms with E-state index in [1.54, 1.807) is 0 Å². The van der Waals surface area contributed by atoms with E-state index in [0.717, 1.165) is 41.4 Å². The van der Waals surface area contributed by atoms with Crippen LogP contribution in [0.15, 0.2) is 42.5 Å². The Hall–Kier alpha value is -2.07. The molecule has 2 aromatic rings. The van der Waals surface area contributed by atoms with E-state index in [1.807, 2.05) is 49.4 Å². The Morgan fingerprint density at radius 3 is 2.24 bits per heavy atom. The summed E-state index contributed by atoms with van der Waals surface area (Å²) in [6.07, 6.45) is 0.993. The molecule has 0 radical (unpaired) electrons. The number of hydrogen-bond donors (Lipinski definition) is 1. The van der Waals surface area contributed by atoms with E-state index in [-0.39, 0.29) is 0 Å². The van der Waals surface area contributed by atoms with E-state index in [9.17, 15) is 0 Å². The van der Waals surface area contributed by atoms with Crippen molar-refractivity contribution < 1.29 is 9.47 Å². The minimum absolute atomic E-state index is 0.400. The van der Waals surface area contributed by atoms with Crippen LogP contribution in [0.2, 0.25) is 0 Å². The number of hydrogen-bond acceptors (Lipinski definition) is 3. The second kappa shape index (κ2) is 7.09. The Morgan fingerprint density at radius 2 is 1.67 bits per heavy atom. The fraction of sp³-hybridized carbons (Fsp3) is 0.235. The van der Waals surface area contributed by atoms with Crippen LogP contribution in [-0.4, -0.2) is 11.6 Å². The maximum absolute atomic E-state index is 5.81. The fourth-order valence-electron chi connectivity index (χ4n) is 1.94. The van der Waals surface area contributed by atoms with E-state index >= 15 is 0 Å². The van der Waals surface area contributed by atoms with Gasteiger partial charge in [-0.15, -0.1) is 0 Å². The number of benzene rings is 2. The second-order valence-corrected chi connectivity index (χ2v) is 5.20. The van der Waals surface area contributed by atoms with E-state index in [2.05, 4.69) is 6.92 Å². The molecular weight excluding hydrogens is 282 g/mol. The average molecular weight is 301 g/mol. The highest BCUT2D eigenvalue weighted by atomic mass is 32.1. The molecule has 0 amide bonds. The average Bonchev–Trinajstić information content (AvgIpc) is 2.46. The number of aryl methyl sites for hydroxylation is 1. The third kappa shape index (κ3) is 4.20. The van der Waals surface area contributed by atoms with Crippen LogP contribution in [0, 0.1) is 6.92 Å². The molecule has 110 valence electrons. The molecule has 2 N–H and O–H groups in total. The molecule has 0 saturated heterocycles. The first kappa shape index (κ1) is 15.3. The highest BCUT2D eigenvalue weighted by Gasteiger charge is 2.04. The van der Waals surface area contributed by atoms with Crippen LogP contribution in [0.3, 0.4) is 0 Å². The monoisotopic (exact) mass is 301 g/mol. The normalized spacial score (nSPS) is 10.2. The molecule has 0 saturated carbocycles. The minimum atomic E-state index is 0.400. The third-order valence-corrected chi connectivity index (χ3v) is 3.22. The summed E-state index contributed by atoms with van der Waals surface area (Å²) in [5, 5.41) is 0. The van der Waals surface area contributed by atoms with Crippen molar-refractivity contribution in [3.05, 3.63) is 53.6 Å². The molecule has 0 bridgehead atoms. The van der Waals surface area contributed by atoms with E-state index in [4.69, 9.17) is 27.4 Å². The van der Waals surface area contributed by atoms with Gasteiger partial charge in [0.25, 0.3) is 0 Å². The van der Waals surface area contributed by atoms with Gasteiger partial charge in [0.1, 0.15) is 22.2 Å². The molecular formula is C17H19NO2S. The first-order chi connectivity index (χ1) is 10.1. The molecule has 21 heavy (non-hydrogen) atoms. The first-order valence-electron chi connectivity index (χ1n) is 6.91. The van der Waals surface area contributed by atoms with Crippen LogP contribution in [0.4, 0.5) is 0 Å². The van der Waals surface area contributed by atoms with Crippen molar-refractivity contribution in [2.24, 2.45) is 5.73 Å². The lowest BCUT2D eigenvalue weighted by atomic mass is 10.1. The zero-order chi connectivity index (χ0) is 15.2. The lowest BCUT2D eigenvalue weighted by molar-refractivity contribution is 0.317. The zero-order valence-electron chi connectivity index (χ0n) is 12.3. The molecule has 3 nitrogen and oxygen atoms in total. The largest absolute Gasteiger partial charge is 0.494 e. The van der Waals surface area contributed by atoms with Gasteiger partial charge in [0.2, 0.25) is 0 Å². The molecule has 2 aromatic carbocycles. The SMILES string of the molecule is CCCOc1ccc(Oc2ccc(C(N)=S)c(C)c2)cc1. The minimum Gasteiger partial charge on any atom is -0.494 e. The molecule has 2 rings (SSSR count). The number of thiocarbonyl (C=S) groups is 1. The van der Waals surface area contributed by atoms with Crippen molar-refractivity contribution >= 4 is 17.2 Å². The van der Waals surface area contributed by atoms with Crippen LogP contribution >= 0.6 is 12.2 Å². The van der Waals surface area contributed by atoms with Crippen LogP contribution in [0.5, 0.6) is 17.2 Å². The van der Waals surface area contributed by atoms with Crippen molar-refractivity contribution in [2.75, 3.05) is 6.61 Å². The standard InChI is InChI=1S/C17H19NO2S/c1-3-10-19-13-4-6-14(7-5-13)20-15-8-9-16(17(18)21)12(2)11-15/h4-9,11H,3,10H2,1-2H3,(H2,18,21). The van der Waals surface area contributed by atoms with Crippen molar-refractivity contribution in [1.29, 1.82) is 0 Å². The van der Waals surface area contributed by atoms with Gasteiger partial charge in [-0.2, -0.15) is 0 Å². The summed E-state index contributed by atoms with van der Waals surface area (Å²) in [4.78, 5) is 0.400. The van der Waals surface area contributed by atoms with E-state index < -0.39 is 0 Å². The van der Waals surface area contributed by atoms with Crippen LogP contribution in [0.1, 0.15) is 24.5 Å². The summed E-state index contributed by atoms with van der Waals surface area (Å²) in [5.41, 5.74) is 7.53. The molecule has 0 aliphatic rings. The van der Waals surface area contributed by atoms with Gasteiger partial charge in [-0.3, -0.25) is 0 Å². The lowest BCUT2D eigenvalue weighted by Gasteiger charge is -2.10. The molecule has 0 unspecified atom stereocenters. The molecule has 0 aliphatic heterocycles. The van der Waals surface area contributed by atoms with Crippen molar-refractivity contribution in [2.45, 2.75) is 20.3 Å². The first-order valence-corrected chi connectivity index (χ1v) is 7.32. The van der Waals surface area contributed by atoms with Crippen molar-refractivity contribution in [3.63, 3.8) is 0 Å². The third-order valence-electron chi connectivity index (χ3n) is 3.00. The molecule has 0 heterocycles. The zero-order valence-corrected chi connectivity index (χ0v) is 13.1. The van der Waals surface area contributed by atoms with Crippen LogP contribution < -0.4 is 15.2 Å². The van der Waals surface area contributed by atoms with Gasteiger partial charge in [0.05, 0.1) is 6.61 Å². The van der Waals surface area contributed by atoms with Gasteiger partial charge >= 0.3 is 0 Å². The predicted octanol–water partition coefficient (Wildman–Crippen LogP) is 4.21. The Balaban J connectivity index is 2.07. The maximum atomic E-state index is 5.81. The second-order valence-electron chi connectivity index (χ2n) is 4.76. The van der Waals surface area contributed by atoms with E-state index in [1.165, 1.54) is 0 Å². The molecule has 0 atom stereocenters. The molecule has 0 aromatic heterocycles.